The molecule has 0 amide bonds. The number of rotatable bonds is 4. The molecule has 1 nitrogen and oxygen atoms in total. The highest BCUT2D eigenvalue weighted by Crippen LogP contribution is 2.52. The summed E-state index contributed by atoms with van der Waals surface area (Å²) in [6.45, 7) is 4.71. The molecule has 0 atom stereocenters. The van der Waals surface area contributed by atoms with E-state index in [1.165, 1.54) is 95.3 Å². The highest BCUT2D eigenvalue weighted by Gasteiger charge is 2.35. The molecule has 12 rings (SSSR count). The Labute approximate surface area is 333 Å². The van der Waals surface area contributed by atoms with Gasteiger partial charge in [0.15, 0.2) is 0 Å². The van der Waals surface area contributed by atoms with Gasteiger partial charge in [-0.15, -0.1) is 22.7 Å². The number of thiophene rings is 2. The third-order valence-corrected chi connectivity index (χ3v) is 14.6. The zero-order valence-electron chi connectivity index (χ0n) is 31.0. The lowest BCUT2D eigenvalue weighted by molar-refractivity contribution is 0.660. The molecule has 56 heavy (non-hydrogen) atoms. The van der Waals surface area contributed by atoms with Gasteiger partial charge in [-0.1, -0.05) is 135 Å². The van der Waals surface area contributed by atoms with Crippen molar-refractivity contribution in [2.45, 2.75) is 19.3 Å². The standard InChI is InChI=1S/C53H35NS2/c1-53(2)45-17-8-7-15-41(45)43-30-36(23-26-46(43)53)54(35-21-18-34(19-22-35)39-16-9-12-32-10-3-5-13-38(32)39)37-24-27-47-44(31-37)51-48(55-47)28-29-49-50(51)42-25-20-33-11-4-6-14-40(33)52(42)56-49/h3-31H,1-2H3. The molecular formula is C53H35NS2. The van der Waals surface area contributed by atoms with Crippen molar-refractivity contribution in [3.63, 3.8) is 0 Å². The Hall–Kier alpha value is -6.26. The van der Waals surface area contributed by atoms with Crippen molar-refractivity contribution in [1.82, 2.24) is 0 Å². The van der Waals surface area contributed by atoms with Gasteiger partial charge in [-0.3, -0.25) is 0 Å². The normalized spacial score (nSPS) is 13.3. The van der Waals surface area contributed by atoms with Crippen molar-refractivity contribution in [2.24, 2.45) is 0 Å². The van der Waals surface area contributed by atoms with Gasteiger partial charge in [-0.25, -0.2) is 0 Å². The highest BCUT2D eigenvalue weighted by molar-refractivity contribution is 7.28. The number of nitrogens with zero attached hydrogens (tertiary/aromatic N) is 1. The number of hydrogen-bond donors (Lipinski definition) is 0. The van der Waals surface area contributed by atoms with Crippen LogP contribution in [-0.4, -0.2) is 0 Å². The van der Waals surface area contributed by atoms with Gasteiger partial charge in [0.05, 0.1) is 0 Å². The van der Waals surface area contributed by atoms with E-state index in [9.17, 15) is 0 Å². The van der Waals surface area contributed by atoms with Gasteiger partial charge in [0.1, 0.15) is 0 Å². The van der Waals surface area contributed by atoms with Crippen molar-refractivity contribution >= 4 is 102 Å². The van der Waals surface area contributed by atoms with Crippen molar-refractivity contribution in [3.05, 3.63) is 187 Å². The van der Waals surface area contributed by atoms with E-state index in [-0.39, 0.29) is 5.41 Å². The lowest BCUT2D eigenvalue weighted by Gasteiger charge is -2.27. The predicted molar refractivity (Wildman–Crippen MR) is 245 cm³/mol. The first-order chi connectivity index (χ1) is 27.5. The predicted octanol–water partition coefficient (Wildman–Crippen LogP) is 16.2. The van der Waals surface area contributed by atoms with E-state index in [2.05, 4.69) is 195 Å². The fraction of sp³-hybridized carbons (Fsp3) is 0.0566. The zero-order chi connectivity index (χ0) is 37.1. The summed E-state index contributed by atoms with van der Waals surface area (Å²) in [6.07, 6.45) is 0. The Morgan fingerprint density at radius 3 is 1.86 bits per heavy atom. The molecule has 11 aromatic rings. The molecular weight excluding hydrogens is 715 g/mol. The van der Waals surface area contributed by atoms with E-state index in [0.29, 0.717) is 0 Å². The van der Waals surface area contributed by atoms with Crippen LogP contribution in [0.25, 0.3) is 84.1 Å². The SMILES string of the molecule is CC1(C)c2ccccc2-c2cc(N(c3ccc(-c4cccc5ccccc45)cc3)c3ccc4sc5ccc6sc7c8ccccc8ccc7c6c5c4c3)ccc21. The van der Waals surface area contributed by atoms with E-state index in [1.54, 1.807) is 0 Å². The molecule has 0 fully saturated rings. The van der Waals surface area contributed by atoms with Crippen LogP contribution in [0.5, 0.6) is 0 Å². The molecule has 0 unspecified atom stereocenters. The van der Waals surface area contributed by atoms with Crippen LogP contribution < -0.4 is 4.90 Å². The lowest BCUT2D eigenvalue weighted by atomic mass is 9.82. The largest absolute Gasteiger partial charge is 0.310 e. The van der Waals surface area contributed by atoms with Crippen molar-refractivity contribution < 1.29 is 0 Å². The minimum Gasteiger partial charge on any atom is -0.310 e. The second-order valence-corrected chi connectivity index (χ2v) is 17.8. The molecule has 0 spiro atoms. The second kappa shape index (κ2) is 11.9. The Morgan fingerprint density at radius 1 is 0.393 bits per heavy atom. The topological polar surface area (TPSA) is 3.24 Å². The minimum absolute atomic E-state index is 0.0517. The monoisotopic (exact) mass is 749 g/mol. The average molecular weight is 750 g/mol. The zero-order valence-corrected chi connectivity index (χ0v) is 32.6. The molecule has 0 N–H and O–H groups in total. The van der Waals surface area contributed by atoms with E-state index in [1.807, 2.05) is 22.7 Å². The fourth-order valence-electron chi connectivity index (χ4n) is 9.55. The fourth-order valence-corrected chi connectivity index (χ4v) is 11.9. The van der Waals surface area contributed by atoms with Gasteiger partial charge >= 0.3 is 0 Å². The summed E-state index contributed by atoms with van der Waals surface area (Å²) >= 11 is 3.82. The van der Waals surface area contributed by atoms with Gasteiger partial charge in [0, 0.05) is 62.8 Å². The van der Waals surface area contributed by atoms with Gasteiger partial charge in [0.2, 0.25) is 0 Å². The lowest BCUT2D eigenvalue weighted by Crippen LogP contribution is -2.15. The quantitative estimate of drug-likeness (QED) is 0.173. The van der Waals surface area contributed by atoms with Gasteiger partial charge in [-0.2, -0.15) is 0 Å². The summed E-state index contributed by atoms with van der Waals surface area (Å²) in [5.74, 6) is 0. The van der Waals surface area contributed by atoms with E-state index >= 15 is 0 Å². The molecule has 0 saturated carbocycles. The summed E-state index contributed by atoms with van der Waals surface area (Å²) in [5.41, 5.74) is 11.3. The summed E-state index contributed by atoms with van der Waals surface area (Å²) in [4.78, 5) is 2.46. The van der Waals surface area contributed by atoms with Crippen molar-refractivity contribution in [3.8, 4) is 22.3 Å². The van der Waals surface area contributed by atoms with Crippen LogP contribution >= 0.6 is 22.7 Å². The average Bonchev–Trinajstić information content (AvgIpc) is 3.88. The van der Waals surface area contributed by atoms with Crippen LogP contribution in [0.4, 0.5) is 17.1 Å². The molecule has 2 heterocycles. The highest BCUT2D eigenvalue weighted by atomic mass is 32.1. The first-order valence-electron chi connectivity index (χ1n) is 19.3. The van der Waals surface area contributed by atoms with Crippen LogP contribution in [0, 0.1) is 0 Å². The molecule has 1 aliphatic rings. The van der Waals surface area contributed by atoms with Crippen molar-refractivity contribution in [2.75, 3.05) is 4.90 Å². The van der Waals surface area contributed by atoms with Crippen LogP contribution in [0.15, 0.2) is 176 Å². The van der Waals surface area contributed by atoms with Crippen LogP contribution in [0.1, 0.15) is 25.0 Å². The Morgan fingerprint density at radius 2 is 1.00 bits per heavy atom. The summed E-state index contributed by atoms with van der Waals surface area (Å²) in [7, 11) is 0. The maximum absolute atomic E-state index is 2.46. The Balaban J connectivity index is 1.08. The molecule has 0 aliphatic heterocycles. The van der Waals surface area contributed by atoms with Gasteiger partial charge in [0.25, 0.3) is 0 Å². The summed E-state index contributed by atoms with van der Waals surface area (Å²) in [6, 6.07) is 65.7. The second-order valence-electron chi connectivity index (χ2n) is 15.7. The van der Waals surface area contributed by atoms with E-state index in [4.69, 9.17) is 0 Å². The van der Waals surface area contributed by atoms with Crippen LogP contribution in [0.2, 0.25) is 0 Å². The summed E-state index contributed by atoms with van der Waals surface area (Å²) in [5, 5.41) is 10.6. The molecule has 9 aromatic carbocycles. The summed E-state index contributed by atoms with van der Waals surface area (Å²) < 4.78 is 5.36. The third kappa shape index (κ3) is 4.59. The molecule has 0 saturated heterocycles. The Bertz CT molecular complexity index is 3390. The van der Waals surface area contributed by atoms with Crippen molar-refractivity contribution in [1.29, 1.82) is 0 Å². The van der Waals surface area contributed by atoms with Gasteiger partial charge < -0.3 is 4.90 Å². The maximum Gasteiger partial charge on any atom is 0.0468 e. The number of anilines is 3. The van der Waals surface area contributed by atoms with Crippen LogP contribution in [0.3, 0.4) is 0 Å². The molecule has 264 valence electrons. The molecule has 3 heteroatoms. The molecule has 1 aliphatic carbocycles. The first-order valence-corrected chi connectivity index (χ1v) is 21.0. The number of fused-ring (bicyclic) bond motifs is 13. The maximum atomic E-state index is 2.46. The van der Waals surface area contributed by atoms with Gasteiger partial charge in [-0.05, 0) is 110 Å². The number of benzene rings is 9. The number of hydrogen-bond acceptors (Lipinski definition) is 3. The first kappa shape index (κ1) is 32.0. The van der Waals surface area contributed by atoms with E-state index < -0.39 is 0 Å². The van der Waals surface area contributed by atoms with Crippen LogP contribution in [-0.2, 0) is 5.41 Å². The third-order valence-electron chi connectivity index (χ3n) is 12.3. The molecule has 2 aromatic heterocycles. The minimum atomic E-state index is -0.0517. The molecule has 0 bridgehead atoms. The molecule has 0 radical (unpaired) electrons. The Kier molecular flexibility index (Phi) is 6.79. The van der Waals surface area contributed by atoms with E-state index in [0.717, 1.165) is 17.1 Å². The smallest absolute Gasteiger partial charge is 0.0468 e.